The predicted octanol–water partition coefficient (Wildman–Crippen LogP) is 2.25. The summed E-state index contributed by atoms with van der Waals surface area (Å²) in [5.74, 6) is 0.0873. The summed E-state index contributed by atoms with van der Waals surface area (Å²) in [6.07, 6.45) is 4.74. The highest BCUT2D eigenvalue weighted by Gasteiger charge is 2.17. The molecule has 18 heavy (non-hydrogen) atoms. The highest BCUT2D eigenvalue weighted by Crippen LogP contribution is 2.18. The van der Waals surface area contributed by atoms with Crippen molar-refractivity contribution < 1.29 is 4.79 Å². The molecule has 1 amide bonds. The third-order valence-electron chi connectivity index (χ3n) is 3.43. The van der Waals surface area contributed by atoms with E-state index in [1.807, 2.05) is 30.5 Å². The fourth-order valence-electron chi connectivity index (χ4n) is 2.50. The fraction of sp³-hybridized carbons (Fsp3) is 0.357. The third kappa shape index (κ3) is 2.38. The topological polar surface area (TPSA) is 56.9 Å². The van der Waals surface area contributed by atoms with E-state index >= 15 is 0 Å². The number of hydrogen-bond donors (Lipinski definition) is 3. The molecule has 1 aromatic carbocycles. The van der Waals surface area contributed by atoms with Crippen LogP contribution in [0.5, 0.6) is 0 Å². The van der Waals surface area contributed by atoms with Gasteiger partial charge in [0.25, 0.3) is 0 Å². The minimum atomic E-state index is 0.0873. The van der Waals surface area contributed by atoms with Crippen molar-refractivity contribution in [3.8, 4) is 0 Å². The van der Waals surface area contributed by atoms with Crippen LogP contribution in [0.4, 0.5) is 5.69 Å². The van der Waals surface area contributed by atoms with Crippen LogP contribution in [0.1, 0.15) is 19.3 Å². The molecule has 1 saturated heterocycles. The van der Waals surface area contributed by atoms with Crippen LogP contribution in [-0.2, 0) is 4.79 Å². The number of carbonyl (C=O) groups is 1. The lowest BCUT2D eigenvalue weighted by molar-refractivity contribution is -0.116. The Kier molecular flexibility index (Phi) is 3.02. The summed E-state index contributed by atoms with van der Waals surface area (Å²) in [7, 11) is 0. The second kappa shape index (κ2) is 4.82. The maximum absolute atomic E-state index is 11.9. The van der Waals surface area contributed by atoms with Crippen molar-refractivity contribution in [2.24, 2.45) is 0 Å². The Morgan fingerprint density at radius 2 is 2.33 bits per heavy atom. The van der Waals surface area contributed by atoms with E-state index in [2.05, 4.69) is 15.6 Å². The molecule has 94 valence electrons. The number of benzene rings is 1. The summed E-state index contributed by atoms with van der Waals surface area (Å²) in [4.78, 5) is 15.0. The van der Waals surface area contributed by atoms with Crippen LogP contribution in [0, 0.1) is 0 Å². The average molecular weight is 243 g/mol. The van der Waals surface area contributed by atoms with E-state index < -0.39 is 0 Å². The van der Waals surface area contributed by atoms with Crippen LogP contribution in [-0.4, -0.2) is 23.5 Å². The maximum atomic E-state index is 11.9. The number of aromatic nitrogens is 1. The van der Waals surface area contributed by atoms with Crippen LogP contribution >= 0.6 is 0 Å². The predicted molar refractivity (Wildman–Crippen MR) is 72.6 cm³/mol. The lowest BCUT2D eigenvalue weighted by Crippen LogP contribution is -2.27. The van der Waals surface area contributed by atoms with Crippen molar-refractivity contribution in [2.75, 3.05) is 11.9 Å². The Labute approximate surface area is 106 Å². The average Bonchev–Trinajstić information content (AvgIpc) is 2.98. The molecule has 4 nitrogen and oxygen atoms in total. The van der Waals surface area contributed by atoms with Gasteiger partial charge in [-0.05, 0) is 43.7 Å². The summed E-state index contributed by atoms with van der Waals surface area (Å²) in [5, 5.41) is 7.41. The van der Waals surface area contributed by atoms with Crippen molar-refractivity contribution in [1.29, 1.82) is 0 Å². The van der Waals surface area contributed by atoms with E-state index in [9.17, 15) is 4.79 Å². The zero-order valence-corrected chi connectivity index (χ0v) is 10.2. The maximum Gasteiger partial charge on any atom is 0.225 e. The van der Waals surface area contributed by atoms with Gasteiger partial charge in [0.05, 0.1) is 0 Å². The largest absolute Gasteiger partial charge is 0.361 e. The zero-order chi connectivity index (χ0) is 12.4. The molecular weight excluding hydrogens is 226 g/mol. The number of hydrogen-bond acceptors (Lipinski definition) is 2. The molecule has 1 fully saturated rings. The number of fused-ring (bicyclic) bond motifs is 1. The Hall–Kier alpha value is -1.81. The van der Waals surface area contributed by atoms with Crippen molar-refractivity contribution in [2.45, 2.75) is 25.3 Å². The van der Waals surface area contributed by atoms with Gasteiger partial charge in [0.1, 0.15) is 0 Å². The Bertz CT molecular complexity index is 555. The molecule has 3 rings (SSSR count). The molecule has 1 atom stereocenters. The molecule has 1 aromatic heterocycles. The van der Waals surface area contributed by atoms with Crippen LogP contribution in [0.25, 0.3) is 10.9 Å². The number of anilines is 1. The lowest BCUT2D eigenvalue weighted by atomic mass is 10.1. The van der Waals surface area contributed by atoms with Crippen molar-refractivity contribution in [1.82, 2.24) is 10.3 Å². The number of amides is 1. The van der Waals surface area contributed by atoms with Crippen LogP contribution in [0.2, 0.25) is 0 Å². The molecular formula is C14H17N3O. The number of H-pyrrole nitrogens is 1. The molecule has 0 spiro atoms. The van der Waals surface area contributed by atoms with Gasteiger partial charge in [-0.2, -0.15) is 0 Å². The summed E-state index contributed by atoms with van der Waals surface area (Å²) in [6, 6.07) is 8.26. The summed E-state index contributed by atoms with van der Waals surface area (Å²) < 4.78 is 0. The highest BCUT2D eigenvalue weighted by atomic mass is 16.1. The highest BCUT2D eigenvalue weighted by molar-refractivity contribution is 5.94. The first-order chi connectivity index (χ1) is 8.81. The first-order valence-corrected chi connectivity index (χ1v) is 6.42. The molecule has 2 aromatic rings. The molecule has 0 radical (unpaired) electrons. The number of aromatic amines is 1. The monoisotopic (exact) mass is 243 g/mol. The normalized spacial score (nSPS) is 19.2. The van der Waals surface area contributed by atoms with Crippen molar-refractivity contribution >= 4 is 22.5 Å². The quantitative estimate of drug-likeness (QED) is 0.774. The van der Waals surface area contributed by atoms with Gasteiger partial charge in [-0.25, -0.2) is 0 Å². The molecule has 2 heterocycles. The van der Waals surface area contributed by atoms with Gasteiger partial charge >= 0.3 is 0 Å². The Morgan fingerprint density at radius 1 is 1.39 bits per heavy atom. The van der Waals surface area contributed by atoms with E-state index in [-0.39, 0.29) is 5.91 Å². The second-order valence-corrected chi connectivity index (χ2v) is 4.83. The van der Waals surface area contributed by atoms with Crippen LogP contribution in [0.15, 0.2) is 30.5 Å². The molecule has 0 aliphatic carbocycles. The zero-order valence-electron chi connectivity index (χ0n) is 10.2. The molecule has 3 N–H and O–H groups in total. The lowest BCUT2D eigenvalue weighted by Gasteiger charge is -2.10. The Morgan fingerprint density at radius 3 is 3.17 bits per heavy atom. The van der Waals surface area contributed by atoms with E-state index in [1.54, 1.807) is 0 Å². The molecule has 0 saturated carbocycles. The van der Waals surface area contributed by atoms with Gasteiger partial charge in [-0.3, -0.25) is 4.79 Å². The number of nitrogens with one attached hydrogen (secondary N) is 3. The van der Waals surface area contributed by atoms with Crippen molar-refractivity contribution in [3.05, 3.63) is 30.5 Å². The Balaban J connectivity index is 1.65. The van der Waals surface area contributed by atoms with E-state index in [1.165, 1.54) is 6.42 Å². The van der Waals surface area contributed by atoms with Crippen LogP contribution in [0.3, 0.4) is 0 Å². The third-order valence-corrected chi connectivity index (χ3v) is 3.43. The van der Waals surface area contributed by atoms with E-state index in [4.69, 9.17) is 0 Å². The smallest absolute Gasteiger partial charge is 0.225 e. The minimum absolute atomic E-state index is 0.0873. The van der Waals surface area contributed by atoms with Gasteiger partial charge in [0.15, 0.2) is 0 Å². The number of carbonyl (C=O) groups excluding carboxylic acids is 1. The SMILES string of the molecule is O=C(CC1CCCN1)Nc1ccc2[nH]ccc2c1. The first-order valence-electron chi connectivity index (χ1n) is 6.42. The van der Waals surface area contributed by atoms with E-state index in [0.717, 1.165) is 29.6 Å². The van der Waals surface area contributed by atoms with E-state index in [0.29, 0.717) is 12.5 Å². The molecule has 1 aliphatic heterocycles. The summed E-state index contributed by atoms with van der Waals surface area (Å²) >= 11 is 0. The van der Waals surface area contributed by atoms with Crippen molar-refractivity contribution in [3.63, 3.8) is 0 Å². The van der Waals surface area contributed by atoms with Crippen LogP contribution < -0.4 is 10.6 Å². The second-order valence-electron chi connectivity index (χ2n) is 4.83. The molecule has 1 unspecified atom stereocenters. The number of rotatable bonds is 3. The fourth-order valence-corrected chi connectivity index (χ4v) is 2.50. The standard InChI is InChI=1S/C14H17N3O/c18-14(9-11-2-1-6-15-11)17-12-3-4-13-10(8-12)5-7-16-13/h3-5,7-8,11,15-16H,1-2,6,9H2,(H,17,18). The van der Waals surface area contributed by atoms with Gasteiger partial charge in [-0.15, -0.1) is 0 Å². The van der Waals surface area contributed by atoms with Gasteiger partial charge in [0, 0.05) is 35.2 Å². The minimum Gasteiger partial charge on any atom is -0.361 e. The molecule has 1 aliphatic rings. The summed E-state index contributed by atoms with van der Waals surface area (Å²) in [5.41, 5.74) is 1.95. The molecule has 0 bridgehead atoms. The van der Waals surface area contributed by atoms with Gasteiger partial charge in [-0.1, -0.05) is 0 Å². The first kappa shape index (κ1) is 11.3. The summed E-state index contributed by atoms with van der Waals surface area (Å²) in [6.45, 7) is 1.03. The molecule has 4 heteroatoms. The van der Waals surface area contributed by atoms with Gasteiger partial charge < -0.3 is 15.6 Å². The van der Waals surface area contributed by atoms with Gasteiger partial charge in [0.2, 0.25) is 5.91 Å².